The first kappa shape index (κ1) is 12.7. The molecule has 2 rings (SSSR count). The SMILES string of the molecule is CC(NCC1CCC(=O)N1)c1ccc(O)cc1O. The fourth-order valence-electron chi connectivity index (χ4n) is 2.16. The lowest BCUT2D eigenvalue weighted by molar-refractivity contribution is -0.119. The highest BCUT2D eigenvalue weighted by Crippen LogP contribution is 2.27. The Morgan fingerprint density at radius 2 is 2.28 bits per heavy atom. The van der Waals surface area contributed by atoms with E-state index >= 15 is 0 Å². The molecule has 18 heavy (non-hydrogen) atoms. The summed E-state index contributed by atoms with van der Waals surface area (Å²) in [5, 5.41) is 25.1. The summed E-state index contributed by atoms with van der Waals surface area (Å²) in [6.07, 6.45) is 1.44. The number of hydrogen-bond acceptors (Lipinski definition) is 4. The third kappa shape index (κ3) is 2.92. The number of rotatable bonds is 4. The van der Waals surface area contributed by atoms with Crippen LogP contribution in [0.3, 0.4) is 0 Å². The van der Waals surface area contributed by atoms with Gasteiger partial charge < -0.3 is 20.8 Å². The van der Waals surface area contributed by atoms with Crippen molar-refractivity contribution < 1.29 is 15.0 Å². The van der Waals surface area contributed by atoms with Crippen LogP contribution in [0.1, 0.15) is 31.4 Å². The fourth-order valence-corrected chi connectivity index (χ4v) is 2.16. The molecule has 1 saturated heterocycles. The van der Waals surface area contributed by atoms with Crippen molar-refractivity contribution in [2.75, 3.05) is 6.54 Å². The Labute approximate surface area is 106 Å². The Morgan fingerprint density at radius 3 is 2.89 bits per heavy atom. The molecular weight excluding hydrogens is 232 g/mol. The monoisotopic (exact) mass is 250 g/mol. The van der Waals surface area contributed by atoms with E-state index < -0.39 is 0 Å². The Balaban J connectivity index is 1.91. The van der Waals surface area contributed by atoms with Crippen LogP contribution in [0.2, 0.25) is 0 Å². The van der Waals surface area contributed by atoms with Crippen LogP contribution in [-0.4, -0.2) is 28.7 Å². The number of phenols is 2. The Kier molecular flexibility index (Phi) is 3.72. The van der Waals surface area contributed by atoms with Gasteiger partial charge in [-0.15, -0.1) is 0 Å². The van der Waals surface area contributed by atoms with Crippen LogP contribution in [0.4, 0.5) is 0 Å². The summed E-state index contributed by atoms with van der Waals surface area (Å²) in [6, 6.07) is 4.69. The lowest BCUT2D eigenvalue weighted by Crippen LogP contribution is -2.36. The lowest BCUT2D eigenvalue weighted by atomic mass is 10.1. The fraction of sp³-hybridized carbons (Fsp3) is 0.462. The van der Waals surface area contributed by atoms with Crippen LogP contribution < -0.4 is 10.6 Å². The van der Waals surface area contributed by atoms with Crippen LogP contribution in [0.15, 0.2) is 18.2 Å². The van der Waals surface area contributed by atoms with Crippen molar-refractivity contribution in [2.24, 2.45) is 0 Å². The zero-order chi connectivity index (χ0) is 13.1. The molecule has 0 bridgehead atoms. The van der Waals surface area contributed by atoms with Gasteiger partial charge in [-0.25, -0.2) is 0 Å². The first-order valence-corrected chi connectivity index (χ1v) is 6.11. The summed E-state index contributed by atoms with van der Waals surface area (Å²) in [6.45, 7) is 2.61. The second-order valence-corrected chi connectivity index (χ2v) is 4.68. The summed E-state index contributed by atoms with van der Waals surface area (Å²) in [4.78, 5) is 11.1. The summed E-state index contributed by atoms with van der Waals surface area (Å²) < 4.78 is 0. The molecule has 1 aromatic carbocycles. The van der Waals surface area contributed by atoms with Crippen LogP contribution >= 0.6 is 0 Å². The highest BCUT2D eigenvalue weighted by atomic mass is 16.3. The van der Waals surface area contributed by atoms with Crippen LogP contribution in [-0.2, 0) is 4.79 Å². The molecule has 1 heterocycles. The first-order valence-electron chi connectivity index (χ1n) is 6.11. The van der Waals surface area contributed by atoms with Crippen molar-refractivity contribution >= 4 is 5.91 Å². The molecule has 5 nitrogen and oxygen atoms in total. The minimum atomic E-state index is -0.0388. The van der Waals surface area contributed by atoms with Crippen LogP contribution in [0.25, 0.3) is 0 Å². The second-order valence-electron chi connectivity index (χ2n) is 4.68. The third-order valence-corrected chi connectivity index (χ3v) is 3.24. The van der Waals surface area contributed by atoms with Gasteiger partial charge in [-0.3, -0.25) is 4.79 Å². The molecule has 2 unspecified atom stereocenters. The summed E-state index contributed by atoms with van der Waals surface area (Å²) in [5.41, 5.74) is 0.733. The highest BCUT2D eigenvalue weighted by molar-refractivity contribution is 5.78. The first-order chi connectivity index (χ1) is 8.56. The van der Waals surface area contributed by atoms with Gasteiger partial charge in [0.25, 0.3) is 0 Å². The predicted molar refractivity (Wildman–Crippen MR) is 67.4 cm³/mol. The molecule has 0 aliphatic carbocycles. The van der Waals surface area contributed by atoms with Gasteiger partial charge in [-0.2, -0.15) is 0 Å². The molecule has 1 aromatic rings. The van der Waals surface area contributed by atoms with Crippen molar-refractivity contribution in [3.05, 3.63) is 23.8 Å². The van der Waals surface area contributed by atoms with Gasteiger partial charge >= 0.3 is 0 Å². The zero-order valence-corrected chi connectivity index (χ0v) is 10.3. The number of phenolic OH excluding ortho intramolecular Hbond substituents is 2. The molecule has 0 radical (unpaired) electrons. The van der Waals surface area contributed by atoms with Gasteiger partial charge in [0.1, 0.15) is 11.5 Å². The van der Waals surface area contributed by atoms with E-state index in [0.29, 0.717) is 13.0 Å². The number of hydrogen-bond donors (Lipinski definition) is 4. The van der Waals surface area contributed by atoms with E-state index in [1.807, 2.05) is 6.92 Å². The maximum Gasteiger partial charge on any atom is 0.220 e. The molecule has 5 heteroatoms. The normalized spacial score (nSPS) is 20.7. The zero-order valence-electron chi connectivity index (χ0n) is 10.3. The van der Waals surface area contributed by atoms with Gasteiger partial charge in [-0.05, 0) is 19.4 Å². The summed E-state index contributed by atoms with van der Waals surface area (Å²) >= 11 is 0. The molecular formula is C13H18N2O3. The van der Waals surface area contributed by atoms with Crippen LogP contribution in [0, 0.1) is 0 Å². The van der Waals surface area contributed by atoms with Crippen molar-refractivity contribution in [3.63, 3.8) is 0 Å². The topological polar surface area (TPSA) is 81.6 Å². The molecule has 0 aromatic heterocycles. The molecule has 1 amide bonds. The van der Waals surface area contributed by atoms with E-state index in [9.17, 15) is 15.0 Å². The molecule has 0 spiro atoms. The minimum absolute atomic E-state index is 0.0388. The van der Waals surface area contributed by atoms with E-state index in [1.165, 1.54) is 6.07 Å². The van der Waals surface area contributed by atoms with Crippen molar-refractivity contribution in [1.82, 2.24) is 10.6 Å². The molecule has 1 aliphatic rings. The summed E-state index contributed by atoms with van der Waals surface area (Å²) in [5.74, 6) is 0.221. The Bertz CT molecular complexity index is 448. The number of aromatic hydroxyl groups is 2. The van der Waals surface area contributed by atoms with Gasteiger partial charge in [0.15, 0.2) is 0 Å². The van der Waals surface area contributed by atoms with Gasteiger partial charge in [0.05, 0.1) is 0 Å². The smallest absolute Gasteiger partial charge is 0.220 e. The van der Waals surface area contributed by atoms with E-state index in [4.69, 9.17) is 0 Å². The predicted octanol–water partition coefficient (Wildman–Crippen LogP) is 1.03. The van der Waals surface area contributed by atoms with Crippen LogP contribution in [0.5, 0.6) is 11.5 Å². The number of carbonyl (C=O) groups is 1. The molecule has 2 atom stereocenters. The minimum Gasteiger partial charge on any atom is -0.508 e. The standard InChI is InChI=1S/C13H18N2O3/c1-8(11-4-3-10(16)6-12(11)17)14-7-9-2-5-13(18)15-9/h3-4,6,8-9,14,16-17H,2,5,7H2,1H3,(H,15,18). The molecule has 4 N–H and O–H groups in total. The van der Waals surface area contributed by atoms with E-state index in [1.54, 1.807) is 12.1 Å². The van der Waals surface area contributed by atoms with E-state index in [2.05, 4.69) is 10.6 Å². The van der Waals surface area contributed by atoms with Crippen molar-refractivity contribution in [3.8, 4) is 11.5 Å². The van der Waals surface area contributed by atoms with E-state index in [0.717, 1.165) is 12.0 Å². The number of amides is 1. The van der Waals surface area contributed by atoms with Gasteiger partial charge in [-0.1, -0.05) is 6.07 Å². The molecule has 98 valence electrons. The molecule has 1 fully saturated rings. The average molecular weight is 250 g/mol. The van der Waals surface area contributed by atoms with Crippen molar-refractivity contribution in [2.45, 2.75) is 31.8 Å². The summed E-state index contributed by atoms with van der Waals surface area (Å²) in [7, 11) is 0. The average Bonchev–Trinajstić information content (AvgIpc) is 2.72. The van der Waals surface area contributed by atoms with Gasteiger partial charge in [0.2, 0.25) is 5.91 Å². The van der Waals surface area contributed by atoms with Gasteiger partial charge in [0, 0.05) is 36.7 Å². The maximum absolute atomic E-state index is 11.1. The largest absolute Gasteiger partial charge is 0.508 e. The number of benzene rings is 1. The number of carbonyl (C=O) groups excluding carboxylic acids is 1. The Morgan fingerprint density at radius 1 is 1.50 bits per heavy atom. The van der Waals surface area contributed by atoms with Crippen molar-refractivity contribution in [1.29, 1.82) is 0 Å². The highest BCUT2D eigenvalue weighted by Gasteiger charge is 2.21. The number of nitrogens with one attached hydrogen (secondary N) is 2. The lowest BCUT2D eigenvalue weighted by Gasteiger charge is -2.18. The Hall–Kier alpha value is -1.75. The molecule has 0 saturated carbocycles. The molecule has 1 aliphatic heterocycles. The quantitative estimate of drug-likeness (QED) is 0.643. The maximum atomic E-state index is 11.1. The third-order valence-electron chi connectivity index (χ3n) is 3.24. The van der Waals surface area contributed by atoms with E-state index in [-0.39, 0.29) is 29.5 Å². The second kappa shape index (κ2) is 5.27.